The van der Waals surface area contributed by atoms with E-state index in [0.717, 1.165) is 4.90 Å². The fourth-order valence-corrected chi connectivity index (χ4v) is 1.44. The second-order valence-corrected chi connectivity index (χ2v) is 3.29. The molecule has 0 spiro atoms. The fourth-order valence-electron chi connectivity index (χ4n) is 1.44. The van der Waals surface area contributed by atoms with Gasteiger partial charge in [-0.1, -0.05) is 5.21 Å². The van der Waals surface area contributed by atoms with Crippen LogP contribution in [-0.2, 0) is 9.59 Å². The Morgan fingerprint density at radius 2 is 2.20 bits per heavy atom. The maximum atomic E-state index is 11.6. The topological polar surface area (TPSA) is 91.8 Å². The molecule has 0 radical (unpaired) electrons. The summed E-state index contributed by atoms with van der Waals surface area (Å²) in [5, 5.41) is 13.1. The molecule has 0 aromatic carbocycles. The zero-order valence-corrected chi connectivity index (χ0v) is 8.26. The molecule has 1 aliphatic rings. The monoisotopic (exact) mass is 207 g/mol. The van der Waals surface area contributed by atoms with Crippen LogP contribution >= 0.6 is 0 Å². The lowest BCUT2D eigenvalue weighted by molar-refractivity contribution is -0.139. The van der Waals surface area contributed by atoms with Gasteiger partial charge in [-0.05, 0) is 13.8 Å². The molecule has 0 aliphatic carbocycles. The van der Waals surface area contributed by atoms with Gasteiger partial charge in [-0.2, -0.15) is 5.21 Å². The van der Waals surface area contributed by atoms with Gasteiger partial charge in [-0.25, -0.2) is 0 Å². The van der Waals surface area contributed by atoms with E-state index in [9.17, 15) is 9.59 Å². The van der Waals surface area contributed by atoms with Gasteiger partial charge in [0.2, 0.25) is 0 Å². The lowest BCUT2D eigenvalue weighted by Crippen LogP contribution is -2.34. The summed E-state index contributed by atoms with van der Waals surface area (Å²) in [7, 11) is 0. The van der Waals surface area contributed by atoms with E-state index in [2.05, 4.69) is 20.6 Å². The molecule has 2 heterocycles. The van der Waals surface area contributed by atoms with E-state index in [1.54, 1.807) is 13.8 Å². The number of aromatic amines is 1. The van der Waals surface area contributed by atoms with E-state index in [1.807, 2.05) is 0 Å². The summed E-state index contributed by atoms with van der Waals surface area (Å²) in [6.45, 7) is 3.27. The molecular weight excluding hydrogens is 198 g/mol. The molecule has 1 aromatic rings. The standard InChI is InChI=1S/C8H9N5O2/c1-4-3-6(14)13(8(4)15)5(2)7-9-11-12-10-7/h3,5H,1-2H3,(H,9,10,11,12). The van der Waals surface area contributed by atoms with E-state index in [0.29, 0.717) is 11.4 Å². The van der Waals surface area contributed by atoms with Gasteiger partial charge in [0, 0.05) is 11.6 Å². The van der Waals surface area contributed by atoms with Crippen molar-refractivity contribution >= 4 is 11.8 Å². The number of nitrogens with one attached hydrogen (secondary N) is 1. The summed E-state index contributed by atoms with van der Waals surface area (Å²) >= 11 is 0. The van der Waals surface area contributed by atoms with Crippen molar-refractivity contribution in [3.63, 3.8) is 0 Å². The molecule has 0 saturated heterocycles. The van der Waals surface area contributed by atoms with Crippen LogP contribution in [0.4, 0.5) is 0 Å². The summed E-state index contributed by atoms with van der Waals surface area (Å²) in [5.41, 5.74) is 0.426. The summed E-state index contributed by atoms with van der Waals surface area (Å²) in [6.07, 6.45) is 1.30. The third-order valence-corrected chi connectivity index (χ3v) is 2.26. The Bertz CT molecular complexity index is 436. The molecule has 2 amide bonds. The SMILES string of the molecule is CC1=CC(=O)N(C(C)c2nn[nH]n2)C1=O. The average molecular weight is 207 g/mol. The van der Waals surface area contributed by atoms with Crippen molar-refractivity contribution in [3.05, 3.63) is 17.5 Å². The second-order valence-electron chi connectivity index (χ2n) is 3.29. The maximum absolute atomic E-state index is 11.6. The fraction of sp³-hybridized carbons (Fsp3) is 0.375. The van der Waals surface area contributed by atoms with Crippen molar-refractivity contribution in [2.75, 3.05) is 0 Å². The first-order valence-corrected chi connectivity index (χ1v) is 4.40. The highest BCUT2D eigenvalue weighted by molar-refractivity contribution is 6.16. The number of carbonyl (C=O) groups is 2. The number of tetrazole rings is 1. The first-order valence-electron chi connectivity index (χ1n) is 4.40. The van der Waals surface area contributed by atoms with Crippen molar-refractivity contribution in [2.24, 2.45) is 0 Å². The number of carbonyl (C=O) groups excluding carboxylic acids is 2. The van der Waals surface area contributed by atoms with E-state index in [4.69, 9.17) is 0 Å². The summed E-state index contributed by atoms with van der Waals surface area (Å²) in [4.78, 5) is 24.2. The Morgan fingerprint density at radius 1 is 1.47 bits per heavy atom. The minimum Gasteiger partial charge on any atom is -0.269 e. The molecule has 1 atom stereocenters. The first-order chi connectivity index (χ1) is 7.11. The minimum absolute atomic E-state index is 0.308. The van der Waals surface area contributed by atoms with Gasteiger partial charge < -0.3 is 0 Å². The normalized spacial score (nSPS) is 18.3. The number of hydrogen-bond donors (Lipinski definition) is 1. The summed E-state index contributed by atoms with van der Waals surface area (Å²) < 4.78 is 0. The largest absolute Gasteiger partial charge is 0.269 e. The van der Waals surface area contributed by atoms with Crippen LogP contribution in [0, 0.1) is 0 Å². The molecule has 0 bridgehead atoms. The third-order valence-electron chi connectivity index (χ3n) is 2.26. The molecule has 0 saturated carbocycles. The van der Waals surface area contributed by atoms with Crippen molar-refractivity contribution in [3.8, 4) is 0 Å². The molecule has 7 heteroatoms. The van der Waals surface area contributed by atoms with Crippen LogP contribution in [0.1, 0.15) is 25.7 Å². The van der Waals surface area contributed by atoms with Crippen LogP contribution in [-0.4, -0.2) is 37.3 Å². The highest BCUT2D eigenvalue weighted by atomic mass is 16.2. The van der Waals surface area contributed by atoms with Gasteiger partial charge in [0.05, 0.1) is 0 Å². The second kappa shape index (κ2) is 3.26. The molecule has 0 fully saturated rings. The Balaban J connectivity index is 2.27. The molecule has 1 aliphatic heterocycles. The smallest absolute Gasteiger partial charge is 0.257 e. The van der Waals surface area contributed by atoms with Crippen molar-refractivity contribution in [1.29, 1.82) is 0 Å². The molecule has 1 N–H and O–H groups in total. The predicted molar refractivity (Wildman–Crippen MR) is 48.2 cm³/mol. The highest BCUT2D eigenvalue weighted by Crippen LogP contribution is 2.23. The van der Waals surface area contributed by atoms with Crippen LogP contribution in [0.25, 0.3) is 0 Å². The van der Waals surface area contributed by atoms with Gasteiger partial charge in [0.15, 0.2) is 5.82 Å². The van der Waals surface area contributed by atoms with Gasteiger partial charge in [-0.3, -0.25) is 14.5 Å². The number of amides is 2. The van der Waals surface area contributed by atoms with Crippen molar-refractivity contribution in [1.82, 2.24) is 25.5 Å². The summed E-state index contributed by atoms with van der Waals surface area (Å²) in [5.74, 6) is -0.327. The Morgan fingerprint density at radius 3 is 2.67 bits per heavy atom. The zero-order chi connectivity index (χ0) is 11.0. The number of hydrogen-bond acceptors (Lipinski definition) is 5. The van der Waals surface area contributed by atoms with Crippen LogP contribution in [0.3, 0.4) is 0 Å². The molecular formula is C8H9N5O2. The Labute approximate surface area is 85.1 Å². The molecule has 15 heavy (non-hydrogen) atoms. The molecule has 1 aromatic heterocycles. The lowest BCUT2D eigenvalue weighted by atomic mass is 10.2. The van der Waals surface area contributed by atoms with Crippen LogP contribution in [0.15, 0.2) is 11.6 Å². The van der Waals surface area contributed by atoms with E-state index in [-0.39, 0.29) is 11.8 Å². The van der Waals surface area contributed by atoms with E-state index in [1.165, 1.54) is 6.08 Å². The Kier molecular flexibility index (Phi) is 2.07. The van der Waals surface area contributed by atoms with Gasteiger partial charge >= 0.3 is 0 Å². The predicted octanol–water partition coefficient (Wildman–Crippen LogP) is -0.424. The summed E-state index contributed by atoms with van der Waals surface area (Å²) in [6, 6.07) is -0.502. The zero-order valence-electron chi connectivity index (χ0n) is 8.26. The first kappa shape index (κ1) is 9.50. The number of aromatic nitrogens is 4. The number of imide groups is 1. The molecule has 7 nitrogen and oxygen atoms in total. The van der Waals surface area contributed by atoms with Crippen LogP contribution < -0.4 is 0 Å². The minimum atomic E-state index is -0.502. The lowest BCUT2D eigenvalue weighted by Gasteiger charge is -2.19. The van der Waals surface area contributed by atoms with Crippen molar-refractivity contribution in [2.45, 2.75) is 19.9 Å². The highest BCUT2D eigenvalue weighted by Gasteiger charge is 2.34. The van der Waals surface area contributed by atoms with Gasteiger partial charge in [-0.15, -0.1) is 10.2 Å². The maximum Gasteiger partial charge on any atom is 0.257 e. The Hall–Kier alpha value is -2.05. The quantitative estimate of drug-likeness (QED) is 0.664. The number of H-pyrrole nitrogens is 1. The van der Waals surface area contributed by atoms with Crippen molar-refractivity contribution < 1.29 is 9.59 Å². The molecule has 2 rings (SSSR count). The molecule has 78 valence electrons. The van der Waals surface area contributed by atoms with Crippen LogP contribution in [0.5, 0.6) is 0 Å². The third kappa shape index (κ3) is 1.41. The molecule has 1 unspecified atom stereocenters. The van der Waals surface area contributed by atoms with E-state index < -0.39 is 6.04 Å². The van der Waals surface area contributed by atoms with Gasteiger partial charge in [0.25, 0.3) is 11.8 Å². The number of nitrogens with zero attached hydrogens (tertiary/aromatic N) is 4. The number of rotatable bonds is 2. The van der Waals surface area contributed by atoms with Crippen LogP contribution in [0.2, 0.25) is 0 Å². The average Bonchev–Trinajstić information content (AvgIpc) is 2.76. The van der Waals surface area contributed by atoms with Gasteiger partial charge in [0.1, 0.15) is 6.04 Å². The van der Waals surface area contributed by atoms with E-state index >= 15 is 0 Å².